The Morgan fingerprint density at radius 2 is 1.04 bits per heavy atom. The fourth-order valence-corrected chi connectivity index (χ4v) is 7.10. The molecule has 0 fully saturated rings. The molecule has 0 saturated heterocycles. The number of fused-ring (bicyclic) bond motifs is 4. The Hall–Kier alpha value is -6.91. The molecule has 0 aliphatic rings. The quantitative estimate of drug-likeness (QED) is 0.143. The fourth-order valence-electron chi connectivity index (χ4n) is 7.10. The molecule has 0 radical (unpaired) electrons. The van der Waals surface area contributed by atoms with Gasteiger partial charge in [-0.15, -0.1) is 0 Å². The summed E-state index contributed by atoms with van der Waals surface area (Å²) < 4.78 is 12.6. The second kappa shape index (κ2) is 13.4. The number of rotatable bonds is 9. The maximum atomic E-state index is 6.41. The van der Waals surface area contributed by atoms with Gasteiger partial charge in [0.15, 0.2) is 5.75 Å². The lowest BCUT2D eigenvalue weighted by atomic mass is 9.96. The normalized spacial score (nSPS) is 11.2. The molecule has 0 atom stereocenters. The van der Waals surface area contributed by atoms with Crippen molar-refractivity contribution in [2.75, 3.05) is 4.90 Å². The molecule has 0 spiro atoms. The van der Waals surface area contributed by atoms with Crippen molar-refractivity contribution in [3.05, 3.63) is 188 Å². The number of hydrogen-bond donors (Lipinski definition) is 0. The van der Waals surface area contributed by atoms with Crippen molar-refractivity contribution in [3.63, 3.8) is 0 Å². The lowest BCUT2D eigenvalue weighted by molar-refractivity contribution is 0.311. The van der Waals surface area contributed by atoms with Gasteiger partial charge < -0.3 is 14.1 Å². The first kappa shape index (κ1) is 31.1. The van der Waals surface area contributed by atoms with Gasteiger partial charge >= 0.3 is 0 Å². The van der Waals surface area contributed by atoms with E-state index in [1.54, 1.807) is 0 Å². The second-order valence-electron chi connectivity index (χ2n) is 12.8. The molecule has 0 amide bonds. The summed E-state index contributed by atoms with van der Waals surface area (Å²) in [5.74, 6) is 0.738. The highest BCUT2D eigenvalue weighted by molar-refractivity contribution is 6.07. The van der Waals surface area contributed by atoms with Crippen molar-refractivity contribution in [1.29, 1.82) is 0 Å². The number of anilines is 3. The van der Waals surface area contributed by atoms with E-state index in [4.69, 9.17) is 9.15 Å². The van der Waals surface area contributed by atoms with E-state index in [1.165, 1.54) is 11.1 Å². The molecule has 9 aromatic rings. The van der Waals surface area contributed by atoms with E-state index in [1.807, 2.05) is 42.5 Å². The Kier molecular flexibility index (Phi) is 8.03. The van der Waals surface area contributed by atoms with E-state index < -0.39 is 0 Å². The van der Waals surface area contributed by atoms with Gasteiger partial charge in [0, 0.05) is 33.2 Å². The minimum Gasteiger partial charge on any atom is -0.486 e. The highest BCUT2D eigenvalue weighted by Crippen LogP contribution is 2.44. The van der Waals surface area contributed by atoms with Crippen LogP contribution in [0.2, 0.25) is 0 Å². The maximum absolute atomic E-state index is 6.41. The topological polar surface area (TPSA) is 38.0 Å². The summed E-state index contributed by atoms with van der Waals surface area (Å²) in [6.07, 6.45) is 0. The molecule has 0 aliphatic heterocycles. The summed E-state index contributed by atoms with van der Waals surface area (Å²) in [4.78, 5) is 6.72. The van der Waals surface area contributed by atoms with Crippen LogP contribution in [0.1, 0.15) is 5.56 Å². The molecule has 4 nitrogen and oxygen atoms in total. The summed E-state index contributed by atoms with van der Waals surface area (Å²) in [5, 5.41) is 4.28. The van der Waals surface area contributed by atoms with Crippen LogP contribution < -0.4 is 9.64 Å². The molecule has 0 unspecified atom stereocenters. The van der Waals surface area contributed by atoms with E-state index >= 15 is 0 Å². The summed E-state index contributed by atoms with van der Waals surface area (Å²) in [6, 6.07) is 63.2. The molecule has 1 heterocycles. The fraction of sp³-hybridized carbons (Fsp3) is 0.0208. The molecule has 248 valence electrons. The Labute approximate surface area is 302 Å². The number of ether oxygens (including phenoxy) is 1. The molecule has 4 heteroatoms. The van der Waals surface area contributed by atoms with E-state index in [-0.39, 0.29) is 0 Å². The van der Waals surface area contributed by atoms with Gasteiger partial charge in [-0.3, -0.25) is 4.99 Å². The number of benzene rings is 8. The lowest BCUT2D eigenvalue weighted by Gasteiger charge is -2.26. The number of nitrogens with zero attached hydrogens (tertiary/aromatic N) is 2. The van der Waals surface area contributed by atoms with Gasteiger partial charge in [-0.2, -0.15) is 0 Å². The van der Waals surface area contributed by atoms with Gasteiger partial charge in [-0.1, -0.05) is 127 Å². The molecule has 1 aromatic heterocycles. The van der Waals surface area contributed by atoms with Gasteiger partial charge in [-0.25, -0.2) is 0 Å². The number of aliphatic imine (C=N–C) groups is 1. The number of furan rings is 1. The standard InChI is InChI=1S/C48H34N2O2/c1-49-45-31-43(40-16-8-9-18-42(40)48(45)51-32-33-12-4-2-5-13-33)36-22-26-38(27-23-36)50(37-24-20-35(21-25-37)34-14-6-3-7-15-34)39-28-29-47-44(30-39)41-17-10-11-19-46(41)52-47/h2-31H,1,32H2. The van der Waals surface area contributed by atoms with Crippen LogP contribution in [-0.2, 0) is 6.61 Å². The van der Waals surface area contributed by atoms with Crippen molar-refractivity contribution in [3.8, 4) is 28.0 Å². The van der Waals surface area contributed by atoms with Crippen LogP contribution in [0.5, 0.6) is 5.75 Å². The van der Waals surface area contributed by atoms with Crippen LogP contribution >= 0.6 is 0 Å². The van der Waals surface area contributed by atoms with Crippen molar-refractivity contribution in [2.24, 2.45) is 4.99 Å². The lowest BCUT2D eigenvalue weighted by Crippen LogP contribution is -2.09. The predicted octanol–water partition coefficient (Wildman–Crippen LogP) is 13.5. The Morgan fingerprint density at radius 3 is 1.75 bits per heavy atom. The largest absolute Gasteiger partial charge is 0.486 e. The van der Waals surface area contributed by atoms with Gasteiger partial charge in [0.25, 0.3) is 0 Å². The Morgan fingerprint density at radius 1 is 0.481 bits per heavy atom. The smallest absolute Gasteiger partial charge is 0.153 e. The zero-order chi connectivity index (χ0) is 34.9. The van der Waals surface area contributed by atoms with Crippen LogP contribution in [0.4, 0.5) is 22.7 Å². The minimum atomic E-state index is 0.448. The first-order valence-corrected chi connectivity index (χ1v) is 17.4. The third-order valence-electron chi connectivity index (χ3n) is 9.66. The molecule has 0 bridgehead atoms. The third kappa shape index (κ3) is 5.76. The van der Waals surface area contributed by atoms with Crippen molar-refractivity contribution < 1.29 is 9.15 Å². The van der Waals surface area contributed by atoms with Crippen LogP contribution in [0.3, 0.4) is 0 Å². The monoisotopic (exact) mass is 670 g/mol. The SMILES string of the molecule is C=Nc1cc(-c2ccc(N(c3ccc(-c4ccccc4)cc3)c3ccc4oc5ccccc5c4c3)cc2)c2ccccc2c1OCc1ccccc1. The van der Waals surface area contributed by atoms with Crippen molar-refractivity contribution >= 4 is 62.2 Å². The van der Waals surface area contributed by atoms with Gasteiger partial charge in [-0.05, 0) is 94.5 Å². The molecular formula is C48H34N2O2. The van der Waals surface area contributed by atoms with Gasteiger partial charge in [0.1, 0.15) is 23.5 Å². The van der Waals surface area contributed by atoms with Gasteiger partial charge in [0.05, 0.1) is 0 Å². The van der Waals surface area contributed by atoms with E-state index in [0.717, 1.165) is 77.9 Å². The van der Waals surface area contributed by atoms with Gasteiger partial charge in [0.2, 0.25) is 0 Å². The third-order valence-corrected chi connectivity index (χ3v) is 9.66. The second-order valence-corrected chi connectivity index (χ2v) is 12.8. The Bertz CT molecular complexity index is 2680. The van der Waals surface area contributed by atoms with Crippen LogP contribution in [0.25, 0.3) is 55.0 Å². The van der Waals surface area contributed by atoms with Crippen molar-refractivity contribution in [2.45, 2.75) is 6.61 Å². The summed E-state index contributed by atoms with van der Waals surface area (Å²) in [5.41, 5.74) is 11.2. The van der Waals surface area contributed by atoms with E-state index in [2.05, 4.69) is 156 Å². The number of para-hydroxylation sites is 1. The molecular weight excluding hydrogens is 637 g/mol. The molecule has 52 heavy (non-hydrogen) atoms. The highest BCUT2D eigenvalue weighted by Gasteiger charge is 2.18. The van der Waals surface area contributed by atoms with Crippen molar-refractivity contribution in [1.82, 2.24) is 0 Å². The summed E-state index contributed by atoms with van der Waals surface area (Å²) >= 11 is 0. The average Bonchev–Trinajstić information content (AvgIpc) is 3.59. The zero-order valence-electron chi connectivity index (χ0n) is 28.4. The average molecular weight is 671 g/mol. The van der Waals surface area contributed by atoms with Crippen LogP contribution in [0, 0.1) is 0 Å². The minimum absolute atomic E-state index is 0.448. The first-order chi connectivity index (χ1) is 25.7. The highest BCUT2D eigenvalue weighted by atomic mass is 16.5. The summed E-state index contributed by atoms with van der Waals surface area (Å²) in [6.45, 7) is 4.36. The first-order valence-electron chi connectivity index (χ1n) is 17.4. The molecule has 8 aromatic carbocycles. The van der Waals surface area contributed by atoms with E-state index in [9.17, 15) is 0 Å². The molecule has 0 N–H and O–H groups in total. The molecule has 0 saturated carbocycles. The summed E-state index contributed by atoms with van der Waals surface area (Å²) in [7, 11) is 0. The zero-order valence-corrected chi connectivity index (χ0v) is 28.4. The maximum Gasteiger partial charge on any atom is 0.153 e. The Balaban J connectivity index is 1.13. The predicted molar refractivity (Wildman–Crippen MR) is 217 cm³/mol. The van der Waals surface area contributed by atoms with E-state index in [0.29, 0.717) is 6.61 Å². The molecule has 0 aliphatic carbocycles. The van der Waals surface area contributed by atoms with Crippen LogP contribution in [-0.4, -0.2) is 6.72 Å². The molecule has 9 rings (SSSR count). The van der Waals surface area contributed by atoms with Crippen LogP contribution in [0.15, 0.2) is 191 Å². The number of hydrogen-bond acceptors (Lipinski definition) is 4.